The highest BCUT2D eigenvalue weighted by Crippen LogP contribution is 2.27. The van der Waals surface area contributed by atoms with Crippen LogP contribution in [0.15, 0.2) is 18.5 Å². The maximum absolute atomic E-state index is 12.9. The summed E-state index contributed by atoms with van der Waals surface area (Å²) in [6, 6.07) is 2.37. The van der Waals surface area contributed by atoms with Gasteiger partial charge in [0.2, 0.25) is 11.8 Å². The van der Waals surface area contributed by atoms with E-state index in [-0.39, 0.29) is 29.9 Å². The molecular weight excluding hydrogens is 348 g/mol. The third-order valence-corrected chi connectivity index (χ3v) is 5.71. The van der Waals surface area contributed by atoms with Crippen molar-refractivity contribution >= 4 is 11.8 Å². The molecule has 8 nitrogen and oxygen atoms in total. The van der Waals surface area contributed by atoms with E-state index >= 15 is 0 Å². The molecular formula is C19H26N4O4. The monoisotopic (exact) mass is 374 g/mol. The fourth-order valence-electron chi connectivity index (χ4n) is 4.19. The Hall–Kier alpha value is -2.22. The van der Waals surface area contributed by atoms with Crippen molar-refractivity contribution in [1.29, 1.82) is 0 Å². The molecule has 3 aliphatic heterocycles. The van der Waals surface area contributed by atoms with Crippen LogP contribution in [0.4, 0.5) is 0 Å². The molecule has 0 radical (unpaired) electrons. The highest BCUT2D eigenvalue weighted by Gasteiger charge is 2.40. The molecule has 1 unspecified atom stereocenters. The van der Waals surface area contributed by atoms with Crippen molar-refractivity contribution in [2.24, 2.45) is 5.92 Å². The second-order valence-electron chi connectivity index (χ2n) is 7.46. The van der Waals surface area contributed by atoms with Crippen molar-refractivity contribution in [1.82, 2.24) is 19.8 Å². The molecule has 0 aliphatic carbocycles. The fourth-order valence-corrected chi connectivity index (χ4v) is 4.19. The molecule has 4 rings (SSSR count). The number of likely N-dealkylation sites (tertiary alicyclic amines) is 2. The number of hydrogen-bond donors (Lipinski definition) is 0. The van der Waals surface area contributed by atoms with E-state index in [1.165, 1.54) is 0 Å². The lowest BCUT2D eigenvalue weighted by Crippen LogP contribution is -2.45. The summed E-state index contributed by atoms with van der Waals surface area (Å²) in [6.07, 6.45) is 6.94. The van der Waals surface area contributed by atoms with E-state index in [0.717, 1.165) is 25.7 Å². The SMILES string of the molecule is O=C(C1CC(=O)N(C2CCOCC2)C1)N1CCC(Oc2ncccn2)CC1. The second kappa shape index (κ2) is 8.21. The number of aromatic nitrogens is 2. The lowest BCUT2D eigenvalue weighted by atomic mass is 10.0. The van der Waals surface area contributed by atoms with Gasteiger partial charge in [-0.3, -0.25) is 9.59 Å². The molecule has 146 valence electrons. The van der Waals surface area contributed by atoms with Crippen molar-refractivity contribution < 1.29 is 19.1 Å². The van der Waals surface area contributed by atoms with Gasteiger partial charge >= 0.3 is 6.01 Å². The summed E-state index contributed by atoms with van der Waals surface area (Å²) in [5, 5.41) is 0. The maximum atomic E-state index is 12.9. The van der Waals surface area contributed by atoms with Crippen LogP contribution < -0.4 is 4.74 Å². The zero-order chi connectivity index (χ0) is 18.6. The van der Waals surface area contributed by atoms with Gasteiger partial charge in [0.15, 0.2) is 0 Å². The van der Waals surface area contributed by atoms with Crippen LogP contribution in [0.3, 0.4) is 0 Å². The molecule has 3 fully saturated rings. The molecule has 8 heteroatoms. The van der Waals surface area contributed by atoms with Gasteiger partial charge < -0.3 is 19.3 Å². The van der Waals surface area contributed by atoms with Gasteiger partial charge in [-0.25, -0.2) is 9.97 Å². The maximum Gasteiger partial charge on any atom is 0.316 e. The number of rotatable bonds is 4. The zero-order valence-corrected chi connectivity index (χ0v) is 15.5. The smallest absolute Gasteiger partial charge is 0.316 e. The summed E-state index contributed by atoms with van der Waals surface area (Å²) in [7, 11) is 0. The molecule has 0 spiro atoms. The first kappa shape index (κ1) is 18.2. The molecule has 0 N–H and O–H groups in total. The normalized spacial score (nSPS) is 25.0. The number of ether oxygens (including phenoxy) is 2. The first-order valence-corrected chi connectivity index (χ1v) is 9.80. The van der Waals surface area contributed by atoms with Gasteiger partial charge in [-0.15, -0.1) is 0 Å². The van der Waals surface area contributed by atoms with Crippen molar-refractivity contribution in [3.63, 3.8) is 0 Å². The van der Waals surface area contributed by atoms with Crippen LogP contribution >= 0.6 is 0 Å². The molecule has 1 aromatic heterocycles. The molecule has 3 saturated heterocycles. The van der Waals surface area contributed by atoms with Crippen LogP contribution in [0, 0.1) is 5.92 Å². The fraction of sp³-hybridized carbons (Fsp3) is 0.684. The van der Waals surface area contributed by atoms with E-state index in [2.05, 4.69) is 9.97 Å². The number of nitrogens with zero attached hydrogens (tertiary/aromatic N) is 4. The van der Waals surface area contributed by atoms with Crippen molar-refractivity contribution in [3.05, 3.63) is 18.5 Å². The Bertz CT molecular complexity index is 657. The number of piperidine rings is 1. The van der Waals surface area contributed by atoms with Gasteiger partial charge in [0.25, 0.3) is 0 Å². The highest BCUT2D eigenvalue weighted by molar-refractivity contribution is 5.89. The average Bonchev–Trinajstić information content (AvgIpc) is 3.11. The first-order valence-electron chi connectivity index (χ1n) is 9.80. The van der Waals surface area contributed by atoms with Crippen molar-refractivity contribution in [2.45, 2.75) is 44.2 Å². The van der Waals surface area contributed by atoms with Gasteiger partial charge in [-0.2, -0.15) is 0 Å². The number of amides is 2. The number of carbonyl (C=O) groups excluding carboxylic acids is 2. The zero-order valence-electron chi connectivity index (χ0n) is 15.5. The Balaban J connectivity index is 1.27. The van der Waals surface area contributed by atoms with Gasteiger partial charge in [-0.1, -0.05) is 0 Å². The Kier molecular flexibility index (Phi) is 5.52. The Morgan fingerprint density at radius 1 is 1.11 bits per heavy atom. The molecule has 2 amide bonds. The lowest BCUT2D eigenvalue weighted by Gasteiger charge is -2.34. The van der Waals surface area contributed by atoms with Crippen LogP contribution in [0.1, 0.15) is 32.1 Å². The van der Waals surface area contributed by atoms with Crippen molar-refractivity contribution in [3.8, 4) is 6.01 Å². The summed E-state index contributed by atoms with van der Waals surface area (Å²) in [6.45, 7) is 3.25. The quantitative estimate of drug-likeness (QED) is 0.778. The third kappa shape index (κ3) is 4.21. The minimum atomic E-state index is -0.213. The summed E-state index contributed by atoms with van der Waals surface area (Å²) in [5.41, 5.74) is 0. The molecule has 27 heavy (non-hydrogen) atoms. The molecule has 0 saturated carbocycles. The number of carbonyl (C=O) groups is 2. The van der Waals surface area contributed by atoms with E-state index in [1.807, 2.05) is 9.80 Å². The minimum absolute atomic E-state index is 0.0281. The van der Waals surface area contributed by atoms with Crippen LogP contribution in [-0.4, -0.2) is 76.6 Å². The van der Waals surface area contributed by atoms with Crippen LogP contribution in [0.2, 0.25) is 0 Å². The van der Waals surface area contributed by atoms with Crippen LogP contribution in [-0.2, 0) is 14.3 Å². The summed E-state index contributed by atoms with van der Waals surface area (Å²) < 4.78 is 11.2. The predicted molar refractivity (Wildman–Crippen MR) is 95.9 cm³/mol. The van der Waals surface area contributed by atoms with Crippen LogP contribution in [0.5, 0.6) is 6.01 Å². The minimum Gasteiger partial charge on any atom is -0.460 e. The van der Waals surface area contributed by atoms with Gasteiger partial charge in [0.05, 0.1) is 5.92 Å². The largest absolute Gasteiger partial charge is 0.460 e. The van der Waals surface area contributed by atoms with Crippen LogP contribution in [0.25, 0.3) is 0 Å². The second-order valence-corrected chi connectivity index (χ2v) is 7.46. The Labute approximate surface area is 158 Å². The van der Waals surface area contributed by atoms with Gasteiger partial charge in [0, 0.05) is 70.5 Å². The average molecular weight is 374 g/mol. The number of hydrogen-bond acceptors (Lipinski definition) is 6. The Morgan fingerprint density at radius 2 is 1.81 bits per heavy atom. The summed E-state index contributed by atoms with van der Waals surface area (Å²) in [5.74, 6) is 0.00212. The molecule has 4 heterocycles. The molecule has 0 bridgehead atoms. The van der Waals surface area contributed by atoms with E-state index in [1.54, 1.807) is 18.5 Å². The first-order chi connectivity index (χ1) is 13.2. The topological polar surface area (TPSA) is 84.9 Å². The Morgan fingerprint density at radius 3 is 2.52 bits per heavy atom. The third-order valence-electron chi connectivity index (χ3n) is 5.71. The molecule has 1 aromatic rings. The van der Waals surface area contributed by atoms with E-state index in [0.29, 0.717) is 45.3 Å². The predicted octanol–water partition coefficient (Wildman–Crippen LogP) is 0.874. The molecule has 1 atom stereocenters. The van der Waals surface area contributed by atoms with E-state index < -0.39 is 0 Å². The lowest BCUT2D eigenvalue weighted by molar-refractivity contribution is -0.137. The van der Waals surface area contributed by atoms with E-state index in [9.17, 15) is 9.59 Å². The molecule has 3 aliphatic rings. The standard InChI is InChI=1S/C19H26N4O4/c24-17-12-14(13-23(17)15-4-10-26-11-5-15)18(25)22-8-2-16(3-9-22)27-19-20-6-1-7-21-19/h1,6-7,14-16H,2-5,8-13H2. The van der Waals surface area contributed by atoms with E-state index in [4.69, 9.17) is 9.47 Å². The summed E-state index contributed by atoms with van der Waals surface area (Å²) >= 11 is 0. The van der Waals surface area contributed by atoms with Gasteiger partial charge in [-0.05, 0) is 18.9 Å². The highest BCUT2D eigenvalue weighted by atomic mass is 16.5. The molecule has 0 aromatic carbocycles. The van der Waals surface area contributed by atoms with Crippen molar-refractivity contribution in [2.75, 3.05) is 32.8 Å². The summed E-state index contributed by atoms with van der Waals surface area (Å²) in [4.78, 5) is 37.3. The van der Waals surface area contributed by atoms with Gasteiger partial charge in [0.1, 0.15) is 6.10 Å².